The standard InChI is InChI=1S/C20H25N3O2/c1-12-6-13(2)21-19-7-15(4-5-18(12)19)20(24)22-16-8-17-11-25-14(3)9-23(17)10-16/h4-7,14,16-17H,8-11H2,1-3H3,(H,22,24)/t14-,16+,17+/m1/s1. The van der Waals surface area contributed by atoms with Gasteiger partial charge in [0, 0.05) is 41.8 Å². The van der Waals surface area contributed by atoms with E-state index in [1.54, 1.807) is 0 Å². The van der Waals surface area contributed by atoms with E-state index in [9.17, 15) is 4.79 Å². The summed E-state index contributed by atoms with van der Waals surface area (Å²) in [5, 5.41) is 4.30. The third-order valence-electron chi connectivity index (χ3n) is 5.33. The topological polar surface area (TPSA) is 54.5 Å². The molecule has 0 bridgehead atoms. The van der Waals surface area contributed by atoms with Crippen LogP contribution in [0.1, 0.15) is 35.0 Å². The van der Waals surface area contributed by atoms with Crippen molar-refractivity contribution in [1.82, 2.24) is 15.2 Å². The molecule has 2 fully saturated rings. The molecule has 3 heterocycles. The van der Waals surface area contributed by atoms with Gasteiger partial charge in [-0.25, -0.2) is 0 Å². The number of hydrogen-bond donors (Lipinski definition) is 1. The lowest BCUT2D eigenvalue weighted by atomic mass is 10.1. The van der Waals surface area contributed by atoms with Crippen LogP contribution in [0.25, 0.3) is 10.9 Å². The summed E-state index contributed by atoms with van der Waals surface area (Å²) in [4.78, 5) is 19.7. The summed E-state index contributed by atoms with van der Waals surface area (Å²) in [6.45, 7) is 8.80. The van der Waals surface area contributed by atoms with Gasteiger partial charge in [-0.2, -0.15) is 0 Å². The number of amides is 1. The molecule has 0 radical (unpaired) electrons. The molecule has 1 aromatic carbocycles. The molecule has 0 aliphatic carbocycles. The van der Waals surface area contributed by atoms with Crippen molar-refractivity contribution in [2.75, 3.05) is 19.7 Å². The highest BCUT2D eigenvalue weighted by Crippen LogP contribution is 2.24. The smallest absolute Gasteiger partial charge is 0.251 e. The Kier molecular flexibility index (Phi) is 4.21. The quantitative estimate of drug-likeness (QED) is 0.913. The van der Waals surface area contributed by atoms with E-state index >= 15 is 0 Å². The highest BCUT2D eigenvalue weighted by Gasteiger charge is 2.36. The fourth-order valence-corrected chi connectivity index (χ4v) is 4.13. The average Bonchev–Trinajstić information content (AvgIpc) is 2.95. The van der Waals surface area contributed by atoms with Crippen LogP contribution in [0.3, 0.4) is 0 Å². The Morgan fingerprint density at radius 3 is 2.96 bits per heavy atom. The minimum absolute atomic E-state index is 0.0123. The zero-order chi connectivity index (χ0) is 17.6. The van der Waals surface area contributed by atoms with Gasteiger partial charge in [0.15, 0.2) is 0 Å². The highest BCUT2D eigenvalue weighted by atomic mass is 16.5. The molecule has 1 amide bonds. The van der Waals surface area contributed by atoms with E-state index < -0.39 is 0 Å². The second-order valence-electron chi connectivity index (χ2n) is 7.47. The number of ether oxygens (including phenoxy) is 1. The molecule has 0 spiro atoms. The minimum atomic E-state index is -0.0123. The van der Waals surface area contributed by atoms with Crippen LogP contribution in [0.5, 0.6) is 0 Å². The summed E-state index contributed by atoms with van der Waals surface area (Å²) in [5.41, 5.74) is 3.73. The predicted molar refractivity (Wildman–Crippen MR) is 97.9 cm³/mol. The molecule has 2 aromatic rings. The van der Waals surface area contributed by atoms with Gasteiger partial charge in [-0.05, 0) is 51.0 Å². The number of fused-ring (bicyclic) bond motifs is 2. The second kappa shape index (κ2) is 6.39. The maximum absolute atomic E-state index is 12.7. The third kappa shape index (κ3) is 3.26. The van der Waals surface area contributed by atoms with E-state index in [1.807, 2.05) is 25.1 Å². The SMILES string of the molecule is Cc1cc(C)c2ccc(C(=O)N[C@H]3C[C@H]4CO[C@H](C)CN4C3)cc2n1. The van der Waals surface area contributed by atoms with Gasteiger partial charge in [-0.15, -0.1) is 0 Å². The van der Waals surface area contributed by atoms with Crippen LogP contribution >= 0.6 is 0 Å². The lowest BCUT2D eigenvalue weighted by molar-refractivity contribution is -0.0390. The molecule has 1 N–H and O–H groups in total. The summed E-state index contributed by atoms with van der Waals surface area (Å²) in [6, 6.07) is 8.49. The number of carbonyl (C=O) groups is 1. The van der Waals surface area contributed by atoms with Crippen molar-refractivity contribution < 1.29 is 9.53 Å². The summed E-state index contributed by atoms with van der Waals surface area (Å²) in [5.74, 6) is -0.0123. The molecule has 2 aliphatic heterocycles. The van der Waals surface area contributed by atoms with Crippen molar-refractivity contribution >= 4 is 16.8 Å². The van der Waals surface area contributed by atoms with Crippen molar-refractivity contribution in [3.8, 4) is 0 Å². The summed E-state index contributed by atoms with van der Waals surface area (Å²) < 4.78 is 5.74. The van der Waals surface area contributed by atoms with Crippen molar-refractivity contribution in [3.63, 3.8) is 0 Å². The van der Waals surface area contributed by atoms with Crippen molar-refractivity contribution in [2.24, 2.45) is 0 Å². The number of aryl methyl sites for hydroxylation is 2. The maximum atomic E-state index is 12.7. The number of nitrogens with one attached hydrogen (secondary N) is 1. The Morgan fingerprint density at radius 2 is 2.12 bits per heavy atom. The molecule has 25 heavy (non-hydrogen) atoms. The van der Waals surface area contributed by atoms with Gasteiger partial charge in [0.25, 0.3) is 5.91 Å². The van der Waals surface area contributed by atoms with Crippen LogP contribution in [0.15, 0.2) is 24.3 Å². The first-order chi connectivity index (χ1) is 12.0. The second-order valence-corrected chi connectivity index (χ2v) is 7.47. The lowest BCUT2D eigenvalue weighted by Crippen LogP contribution is -2.45. The Hall–Kier alpha value is -1.98. The number of rotatable bonds is 2. The molecule has 2 aliphatic rings. The first-order valence-corrected chi connectivity index (χ1v) is 9.04. The molecule has 1 aromatic heterocycles. The third-order valence-corrected chi connectivity index (χ3v) is 5.33. The number of pyridine rings is 1. The Labute approximate surface area is 148 Å². The van der Waals surface area contributed by atoms with Crippen LogP contribution in [-0.2, 0) is 4.74 Å². The van der Waals surface area contributed by atoms with E-state index in [0.717, 1.165) is 42.7 Å². The first-order valence-electron chi connectivity index (χ1n) is 9.04. The Bertz CT molecular complexity index is 820. The van der Waals surface area contributed by atoms with Gasteiger partial charge in [0.1, 0.15) is 0 Å². The summed E-state index contributed by atoms with van der Waals surface area (Å²) in [6.07, 6.45) is 1.24. The molecular weight excluding hydrogens is 314 g/mol. The molecule has 0 saturated carbocycles. The van der Waals surface area contributed by atoms with Crippen molar-refractivity contribution in [1.29, 1.82) is 0 Å². The van der Waals surface area contributed by atoms with E-state index in [-0.39, 0.29) is 18.1 Å². The van der Waals surface area contributed by atoms with Crippen molar-refractivity contribution in [3.05, 3.63) is 41.1 Å². The Balaban J connectivity index is 1.49. The number of aromatic nitrogens is 1. The normalized spacial score (nSPS) is 26.6. The average molecular weight is 339 g/mol. The monoisotopic (exact) mass is 339 g/mol. The highest BCUT2D eigenvalue weighted by molar-refractivity contribution is 5.98. The number of nitrogens with zero attached hydrogens (tertiary/aromatic N) is 2. The van der Waals surface area contributed by atoms with E-state index in [2.05, 4.69) is 35.1 Å². The predicted octanol–water partition coefficient (Wildman–Crippen LogP) is 2.44. The maximum Gasteiger partial charge on any atom is 0.251 e. The van der Waals surface area contributed by atoms with Crippen LogP contribution in [0.4, 0.5) is 0 Å². The zero-order valence-corrected chi connectivity index (χ0v) is 15.1. The number of carbonyl (C=O) groups excluding carboxylic acids is 1. The zero-order valence-electron chi connectivity index (χ0n) is 15.1. The molecule has 3 atom stereocenters. The van der Waals surface area contributed by atoms with E-state index in [1.165, 1.54) is 5.56 Å². The van der Waals surface area contributed by atoms with Crippen LogP contribution < -0.4 is 5.32 Å². The van der Waals surface area contributed by atoms with Gasteiger partial charge in [-0.3, -0.25) is 14.7 Å². The molecular formula is C20H25N3O2. The molecule has 2 saturated heterocycles. The van der Waals surface area contributed by atoms with Gasteiger partial charge < -0.3 is 10.1 Å². The van der Waals surface area contributed by atoms with E-state index in [0.29, 0.717) is 11.6 Å². The first kappa shape index (κ1) is 16.5. The lowest BCUT2D eigenvalue weighted by Gasteiger charge is -2.33. The molecule has 5 nitrogen and oxygen atoms in total. The number of benzene rings is 1. The summed E-state index contributed by atoms with van der Waals surface area (Å²) in [7, 11) is 0. The van der Waals surface area contributed by atoms with Gasteiger partial charge in [0.05, 0.1) is 18.2 Å². The van der Waals surface area contributed by atoms with Crippen LogP contribution in [0.2, 0.25) is 0 Å². The molecule has 4 rings (SSSR count). The van der Waals surface area contributed by atoms with Crippen LogP contribution in [-0.4, -0.2) is 53.7 Å². The fourth-order valence-electron chi connectivity index (χ4n) is 4.13. The van der Waals surface area contributed by atoms with Gasteiger partial charge in [-0.1, -0.05) is 6.07 Å². The van der Waals surface area contributed by atoms with E-state index in [4.69, 9.17) is 4.74 Å². The summed E-state index contributed by atoms with van der Waals surface area (Å²) >= 11 is 0. The molecule has 0 unspecified atom stereocenters. The molecule has 5 heteroatoms. The number of morpholine rings is 1. The largest absolute Gasteiger partial charge is 0.376 e. The minimum Gasteiger partial charge on any atom is -0.376 e. The Morgan fingerprint density at radius 1 is 1.28 bits per heavy atom. The molecule has 132 valence electrons. The van der Waals surface area contributed by atoms with Gasteiger partial charge in [0.2, 0.25) is 0 Å². The van der Waals surface area contributed by atoms with Gasteiger partial charge >= 0.3 is 0 Å². The van der Waals surface area contributed by atoms with Crippen LogP contribution in [0, 0.1) is 13.8 Å². The van der Waals surface area contributed by atoms with Crippen molar-refractivity contribution in [2.45, 2.75) is 45.4 Å². The fraction of sp³-hybridized carbons (Fsp3) is 0.500. The number of hydrogen-bond acceptors (Lipinski definition) is 4.